The molecule has 0 fully saturated rings. The van der Waals surface area contributed by atoms with E-state index < -0.39 is 5.60 Å². The molecular formula is C19H22O5. The number of allylic oxidation sites excluding steroid dienone is 2. The van der Waals surface area contributed by atoms with Gasteiger partial charge < -0.3 is 14.2 Å². The highest BCUT2D eigenvalue weighted by atomic mass is 16.5. The first-order valence-electron chi connectivity index (χ1n) is 8.09. The summed E-state index contributed by atoms with van der Waals surface area (Å²) >= 11 is 0. The molecule has 0 aromatic heterocycles. The first-order valence-corrected chi connectivity index (χ1v) is 8.09. The van der Waals surface area contributed by atoms with E-state index in [1.165, 1.54) is 0 Å². The third kappa shape index (κ3) is 2.90. The second kappa shape index (κ2) is 5.96. The Hall–Kier alpha value is -2.30. The van der Waals surface area contributed by atoms with Crippen molar-refractivity contribution in [2.75, 3.05) is 7.11 Å². The van der Waals surface area contributed by atoms with Gasteiger partial charge in [0.1, 0.15) is 29.3 Å². The van der Waals surface area contributed by atoms with Crippen molar-refractivity contribution in [2.24, 2.45) is 0 Å². The zero-order valence-corrected chi connectivity index (χ0v) is 14.5. The van der Waals surface area contributed by atoms with E-state index in [0.717, 1.165) is 16.7 Å². The van der Waals surface area contributed by atoms with Gasteiger partial charge in [-0.2, -0.15) is 0 Å². The van der Waals surface area contributed by atoms with E-state index in [4.69, 9.17) is 14.2 Å². The van der Waals surface area contributed by atoms with Crippen LogP contribution in [0.4, 0.5) is 0 Å². The van der Waals surface area contributed by atoms with Crippen molar-refractivity contribution < 1.29 is 23.8 Å². The van der Waals surface area contributed by atoms with Crippen molar-refractivity contribution in [1.29, 1.82) is 0 Å². The molecule has 128 valence electrons. The molecule has 0 aliphatic carbocycles. The molecule has 1 unspecified atom stereocenters. The summed E-state index contributed by atoms with van der Waals surface area (Å²) in [5, 5.41) is 0. The molecule has 2 aliphatic rings. The van der Waals surface area contributed by atoms with E-state index in [1.807, 2.05) is 26.8 Å². The second-order valence-corrected chi connectivity index (χ2v) is 6.91. The Morgan fingerprint density at radius 1 is 1.42 bits per heavy atom. The van der Waals surface area contributed by atoms with Crippen LogP contribution in [0.25, 0.3) is 0 Å². The first-order chi connectivity index (χ1) is 11.3. The molecule has 2 aliphatic heterocycles. The van der Waals surface area contributed by atoms with Crippen LogP contribution in [0, 0.1) is 0 Å². The average molecular weight is 330 g/mol. The van der Waals surface area contributed by atoms with Gasteiger partial charge in [-0.15, -0.1) is 0 Å². The molecule has 1 aromatic rings. The molecule has 0 spiro atoms. The third-order valence-electron chi connectivity index (χ3n) is 4.46. The van der Waals surface area contributed by atoms with E-state index in [-0.39, 0.29) is 24.8 Å². The Bertz CT molecular complexity index is 743. The molecule has 5 nitrogen and oxygen atoms in total. The standard InChI is InChI=1S/C19H22O5/c1-11(2)7-13(20)9-19(3)6-5-14-15(22-4)8-12-10-23-18(21)16(12)17(14)24-19/h7-8H,5-6,9-10H2,1-4H3. The monoisotopic (exact) mass is 330 g/mol. The van der Waals surface area contributed by atoms with Crippen LogP contribution in [0.5, 0.6) is 11.5 Å². The number of rotatable bonds is 4. The maximum Gasteiger partial charge on any atom is 0.342 e. The topological polar surface area (TPSA) is 61.8 Å². The number of hydrogen-bond donors (Lipinski definition) is 0. The summed E-state index contributed by atoms with van der Waals surface area (Å²) in [6, 6.07) is 1.85. The lowest BCUT2D eigenvalue weighted by Gasteiger charge is -2.36. The van der Waals surface area contributed by atoms with Crippen LogP contribution in [0.15, 0.2) is 17.7 Å². The number of carbonyl (C=O) groups excluding carboxylic acids is 2. The summed E-state index contributed by atoms with van der Waals surface area (Å²) in [4.78, 5) is 24.3. The van der Waals surface area contributed by atoms with Gasteiger partial charge in [-0.1, -0.05) is 5.57 Å². The van der Waals surface area contributed by atoms with E-state index in [9.17, 15) is 9.59 Å². The number of ketones is 1. The molecule has 0 radical (unpaired) electrons. The van der Waals surface area contributed by atoms with Crippen molar-refractivity contribution >= 4 is 11.8 Å². The minimum Gasteiger partial charge on any atom is -0.496 e. The average Bonchev–Trinajstić information content (AvgIpc) is 2.86. The quantitative estimate of drug-likeness (QED) is 0.625. The number of carbonyl (C=O) groups is 2. The molecule has 0 N–H and O–H groups in total. The smallest absolute Gasteiger partial charge is 0.342 e. The van der Waals surface area contributed by atoms with Gasteiger partial charge in [0.2, 0.25) is 0 Å². The van der Waals surface area contributed by atoms with Gasteiger partial charge in [0.15, 0.2) is 5.78 Å². The van der Waals surface area contributed by atoms with Gasteiger partial charge in [0.05, 0.1) is 7.11 Å². The van der Waals surface area contributed by atoms with Crippen LogP contribution in [0.3, 0.4) is 0 Å². The number of esters is 1. The minimum atomic E-state index is -0.640. The highest BCUT2D eigenvalue weighted by Gasteiger charge is 2.39. The highest BCUT2D eigenvalue weighted by molar-refractivity contribution is 5.97. The lowest BCUT2D eigenvalue weighted by molar-refractivity contribution is -0.118. The van der Waals surface area contributed by atoms with Gasteiger partial charge >= 0.3 is 5.97 Å². The van der Waals surface area contributed by atoms with Crippen LogP contribution in [-0.2, 0) is 22.6 Å². The lowest BCUT2D eigenvalue weighted by atomic mass is 9.86. The van der Waals surface area contributed by atoms with Crippen molar-refractivity contribution in [1.82, 2.24) is 0 Å². The molecule has 2 heterocycles. The summed E-state index contributed by atoms with van der Waals surface area (Å²) in [5.41, 5.74) is 2.45. The predicted octanol–water partition coefficient (Wildman–Crippen LogP) is 3.37. The van der Waals surface area contributed by atoms with E-state index in [2.05, 4.69) is 0 Å². The Morgan fingerprint density at radius 3 is 2.83 bits per heavy atom. The van der Waals surface area contributed by atoms with E-state index in [0.29, 0.717) is 29.9 Å². The van der Waals surface area contributed by atoms with Crippen LogP contribution >= 0.6 is 0 Å². The van der Waals surface area contributed by atoms with Crippen LogP contribution < -0.4 is 9.47 Å². The van der Waals surface area contributed by atoms with Crippen molar-refractivity contribution in [3.05, 3.63) is 34.4 Å². The summed E-state index contributed by atoms with van der Waals surface area (Å²) in [6.07, 6.45) is 3.29. The maximum atomic E-state index is 12.2. The number of cyclic esters (lactones) is 1. The molecule has 0 saturated heterocycles. The lowest BCUT2D eigenvalue weighted by Crippen LogP contribution is -2.39. The Balaban J connectivity index is 1.98. The second-order valence-electron chi connectivity index (χ2n) is 6.91. The molecule has 1 aromatic carbocycles. The van der Waals surface area contributed by atoms with Gasteiger partial charge in [0, 0.05) is 17.5 Å². The van der Waals surface area contributed by atoms with Gasteiger partial charge in [-0.05, 0) is 45.8 Å². The summed E-state index contributed by atoms with van der Waals surface area (Å²) in [6.45, 7) is 5.93. The molecule has 3 rings (SSSR count). The first kappa shape index (κ1) is 16.6. The van der Waals surface area contributed by atoms with Gasteiger partial charge in [-0.3, -0.25) is 4.79 Å². The Labute approximate surface area is 141 Å². The van der Waals surface area contributed by atoms with E-state index >= 15 is 0 Å². The van der Waals surface area contributed by atoms with Gasteiger partial charge in [-0.25, -0.2) is 4.79 Å². The summed E-state index contributed by atoms with van der Waals surface area (Å²) < 4.78 is 16.8. The maximum absolute atomic E-state index is 12.2. The SMILES string of the molecule is COc1cc2c(c3c1CCC(C)(CC(=O)C=C(C)C)O3)C(=O)OC2. The summed E-state index contributed by atoms with van der Waals surface area (Å²) in [7, 11) is 1.60. The molecule has 5 heteroatoms. The number of fused-ring (bicyclic) bond motifs is 3. The minimum absolute atomic E-state index is 0.0306. The third-order valence-corrected chi connectivity index (χ3v) is 4.46. The van der Waals surface area contributed by atoms with Crippen LogP contribution in [0.1, 0.15) is 55.1 Å². The normalized spacial score (nSPS) is 21.2. The van der Waals surface area contributed by atoms with Crippen molar-refractivity contribution in [2.45, 2.75) is 52.2 Å². The van der Waals surface area contributed by atoms with Crippen molar-refractivity contribution in [3.63, 3.8) is 0 Å². The molecule has 0 amide bonds. The zero-order valence-electron chi connectivity index (χ0n) is 14.5. The fourth-order valence-corrected chi connectivity index (χ4v) is 3.36. The molecule has 1 atom stereocenters. The largest absolute Gasteiger partial charge is 0.496 e. The fourth-order valence-electron chi connectivity index (χ4n) is 3.36. The Morgan fingerprint density at radius 2 is 2.17 bits per heavy atom. The number of ether oxygens (including phenoxy) is 3. The van der Waals surface area contributed by atoms with Crippen LogP contribution in [-0.4, -0.2) is 24.5 Å². The number of benzene rings is 1. The number of methoxy groups -OCH3 is 1. The van der Waals surface area contributed by atoms with Gasteiger partial charge in [0.25, 0.3) is 0 Å². The number of hydrogen-bond acceptors (Lipinski definition) is 5. The zero-order chi connectivity index (χ0) is 17.5. The Kier molecular flexibility index (Phi) is 4.11. The molecule has 0 bridgehead atoms. The van der Waals surface area contributed by atoms with Crippen LogP contribution in [0.2, 0.25) is 0 Å². The molecule has 0 saturated carbocycles. The van der Waals surface area contributed by atoms with Crippen molar-refractivity contribution in [3.8, 4) is 11.5 Å². The predicted molar refractivity (Wildman–Crippen MR) is 88.5 cm³/mol. The highest BCUT2D eigenvalue weighted by Crippen LogP contribution is 2.45. The summed E-state index contributed by atoms with van der Waals surface area (Å²) in [5.74, 6) is 0.886. The fraction of sp³-hybridized carbons (Fsp3) is 0.474. The molecular weight excluding hydrogens is 308 g/mol. The molecule has 24 heavy (non-hydrogen) atoms. The van der Waals surface area contributed by atoms with E-state index in [1.54, 1.807) is 13.2 Å².